The van der Waals surface area contributed by atoms with Crippen LogP contribution in [0.3, 0.4) is 0 Å². The molecular formula is C16H21NO3S. The maximum absolute atomic E-state index is 12.1. The first-order valence-electron chi connectivity index (χ1n) is 7.69. The lowest BCUT2D eigenvalue weighted by Crippen LogP contribution is -2.46. The van der Waals surface area contributed by atoms with Gasteiger partial charge in [-0.05, 0) is 55.4 Å². The molecule has 1 amide bonds. The SMILES string of the molecule is O=C(CCCc1cccs1)N[C@H]1[C@H]2CC[C@@H](C2)[C@@H]1C(=O)O. The Hall–Kier alpha value is -1.36. The molecule has 4 atom stereocenters. The Morgan fingerprint density at radius 1 is 1.33 bits per heavy atom. The van der Waals surface area contributed by atoms with Crippen molar-refractivity contribution in [2.75, 3.05) is 0 Å². The van der Waals surface area contributed by atoms with E-state index in [0.717, 1.165) is 32.1 Å². The highest BCUT2D eigenvalue weighted by Gasteiger charge is 2.51. The molecule has 2 aliphatic rings. The van der Waals surface area contributed by atoms with Crippen LogP contribution >= 0.6 is 11.3 Å². The molecule has 2 fully saturated rings. The zero-order chi connectivity index (χ0) is 14.8. The van der Waals surface area contributed by atoms with Crippen LogP contribution in [0.2, 0.25) is 0 Å². The molecule has 1 aromatic heterocycles. The largest absolute Gasteiger partial charge is 0.481 e. The van der Waals surface area contributed by atoms with Gasteiger partial charge in [0, 0.05) is 17.3 Å². The van der Waals surface area contributed by atoms with Crippen molar-refractivity contribution in [3.8, 4) is 0 Å². The second-order valence-electron chi connectivity index (χ2n) is 6.22. The predicted octanol–water partition coefficient (Wildman–Crippen LogP) is 2.69. The third-order valence-electron chi connectivity index (χ3n) is 4.94. The zero-order valence-corrected chi connectivity index (χ0v) is 12.8. The number of fused-ring (bicyclic) bond motifs is 2. The highest BCUT2D eigenvalue weighted by atomic mass is 32.1. The van der Waals surface area contributed by atoms with Crippen LogP contribution in [0.25, 0.3) is 0 Å². The number of carboxylic acids is 1. The van der Waals surface area contributed by atoms with Crippen molar-refractivity contribution in [3.63, 3.8) is 0 Å². The van der Waals surface area contributed by atoms with E-state index in [1.54, 1.807) is 11.3 Å². The first kappa shape index (κ1) is 14.6. The van der Waals surface area contributed by atoms with Crippen LogP contribution < -0.4 is 5.32 Å². The second kappa shape index (κ2) is 6.18. The summed E-state index contributed by atoms with van der Waals surface area (Å²) < 4.78 is 0. The molecule has 2 aliphatic carbocycles. The fourth-order valence-corrected chi connectivity index (χ4v) is 4.74. The normalized spacial score (nSPS) is 30.5. The summed E-state index contributed by atoms with van der Waals surface area (Å²) in [5.74, 6) is -0.465. The zero-order valence-electron chi connectivity index (χ0n) is 12.0. The molecule has 1 aromatic rings. The number of rotatable bonds is 6. The lowest BCUT2D eigenvalue weighted by atomic mass is 9.84. The van der Waals surface area contributed by atoms with Crippen LogP contribution in [-0.2, 0) is 16.0 Å². The molecule has 21 heavy (non-hydrogen) atoms. The summed E-state index contributed by atoms with van der Waals surface area (Å²) in [6.07, 6.45) is 5.27. The van der Waals surface area contributed by atoms with E-state index in [2.05, 4.69) is 11.4 Å². The van der Waals surface area contributed by atoms with Gasteiger partial charge in [0.25, 0.3) is 0 Å². The molecule has 0 radical (unpaired) electrons. The van der Waals surface area contributed by atoms with Gasteiger partial charge in [-0.2, -0.15) is 0 Å². The van der Waals surface area contributed by atoms with Gasteiger partial charge in [-0.3, -0.25) is 9.59 Å². The number of carbonyl (C=O) groups excluding carboxylic acids is 1. The van der Waals surface area contributed by atoms with Crippen molar-refractivity contribution < 1.29 is 14.7 Å². The van der Waals surface area contributed by atoms with Crippen LogP contribution in [-0.4, -0.2) is 23.0 Å². The standard InChI is InChI=1S/C16H21NO3S/c18-13(5-1-3-12-4-2-8-21-12)17-15-11-7-6-10(9-11)14(15)16(19)20/h2,4,8,10-11,14-15H,1,3,5-7,9H2,(H,17,18)(H,19,20)/t10-,11-,14-,15-/m0/s1. The predicted molar refractivity (Wildman–Crippen MR) is 81.1 cm³/mol. The van der Waals surface area contributed by atoms with Gasteiger partial charge in [-0.1, -0.05) is 6.07 Å². The van der Waals surface area contributed by atoms with E-state index in [0.29, 0.717) is 12.3 Å². The number of aliphatic carboxylic acids is 1. The highest BCUT2D eigenvalue weighted by Crippen LogP contribution is 2.48. The molecule has 0 aromatic carbocycles. The van der Waals surface area contributed by atoms with Crippen molar-refractivity contribution in [1.82, 2.24) is 5.32 Å². The lowest BCUT2D eigenvalue weighted by molar-refractivity contribution is -0.144. The lowest BCUT2D eigenvalue weighted by Gasteiger charge is -2.28. The van der Waals surface area contributed by atoms with Crippen molar-refractivity contribution in [2.24, 2.45) is 17.8 Å². The van der Waals surface area contributed by atoms with E-state index in [9.17, 15) is 14.7 Å². The maximum atomic E-state index is 12.1. The quantitative estimate of drug-likeness (QED) is 0.849. The Morgan fingerprint density at radius 2 is 2.14 bits per heavy atom. The van der Waals surface area contributed by atoms with Gasteiger partial charge >= 0.3 is 5.97 Å². The van der Waals surface area contributed by atoms with Gasteiger partial charge in [0.2, 0.25) is 5.91 Å². The molecule has 5 heteroatoms. The number of thiophene rings is 1. The van der Waals surface area contributed by atoms with E-state index in [1.807, 2.05) is 11.4 Å². The molecule has 0 aliphatic heterocycles. The average molecular weight is 307 g/mol. The molecular weight excluding hydrogens is 286 g/mol. The van der Waals surface area contributed by atoms with Crippen LogP contribution in [0.4, 0.5) is 0 Å². The van der Waals surface area contributed by atoms with Crippen LogP contribution in [0, 0.1) is 17.8 Å². The van der Waals surface area contributed by atoms with Crippen LogP contribution in [0.15, 0.2) is 17.5 Å². The molecule has 4 nitrogen and oxygen atoms in total. The van der Waals surface area contributed by atoms with Gasteiger partial charge in [0.15, 0.2) is 0 Å². The molecule has 2 N–H and O–H groups in total. The summed E-state index contributed by atoms with van der Waals surface area (Å²) in [6, 6.07) is 3.96. The highest BCUT2D eigenvalue weighted by molar-refractivity contribution is 7.09. The molecule has 0 saturated heterocycles. The Labute approximate surface area is 128 Å². The number of hydrogen-bond acceptors (Lipinski definition) is 3. The summed E-state index contributed by atoms with van der Waals surface area (Å²) in [6.45, 7) is 0. The van der Waals surface area contributed by atoms with Gasteiger partial charge in [-0.25, -0.2) is 0 Å². The Kier molecular flexibility index (Phi) is 4.29. The molecule has 2 saturated carbocycles. The van der Waals surface area contributed by atoms with Crippen LogP contribution in [0.5, 0.6) is 0 Å². The third kappa shape index (κ3) is 3.12. The fraction of sp³-hybridized carbons (Fsp3) is 0.625. The van der Waals surface area contributed by atoms with E-state index in [-0.39, 0.29) is 23.8 Å². The number of carboxylic acid groups (broad SMARTS) is 1. The third-order valence-corrected chi connectivity index (χ3v) is 5.87. The molecule has 1 heterocycles. The molecule has 0 spiro atoms. The van der Waals surface area contributed by atoms with Gasteiger partial charge in [-0.15, -0.1) is 11.3 Å². The summed E-state index contributed by atoms with van der Waals surface area (Å²) in [5, 5.41) is 14.4. The first-order chi connectivity index (χ1) is 10.1. The maximum Gasteiger partial charge on any atom is 0.308 e. The summed E-state index contributed by atoms with van der Waals surface area (Å²) >= 11 is 1.71. The van der Waals surface area contributed by atoms with Crippen molar-refractivity contribution in [1.29, 1.82) is 0 Å². The summed E-state index contributed by atoms with van der Waals surface area (Å²) in [5.41, 5.74) is 0. The fourth-order valence-electron chi connectivity index (χ4n) is 3.99. The minimum Gasteiger partial charge on any atom is -0.481 e. The van der Waals surface area contributed by atoms with E-state index in [1.165, 1.54) is 4.88 Å². The van der Waals surface area contributed by atoms with Crippen molar-refractivity contribution in [2.45, 2.75) is 44.6 Å². The number of nitrogens with one attached hydrogen (secondary N) is 1. The summed E-state index contributed by atoms with van der Waals surface area (Å²) in [4.78, 5) is 24.8. The minimum absolute atomic E-state index is 0.00959. The number of aryl methyl sites for hydroxylation is 1. The van der Waals surface area contributed by atoms with E-state index >= 15 is 0 Å². The van der Waals surface area contributed by atoms with Crippen molar-refractivity contribution in [3.05, 3.63) is 22.4 Å². The smallest absolute Gasteiger partial charge is 0.308 e. The monoisotopic (exact) mass is 307 g/mol. The number of hydrogen-bond donors (Lipinski definition) is 2. The van der Waals surface area contributed by atoms with Gasteiger partial charge in [0.1, 0.15) is 0 Å². The Bertz CT molecular complexity index is 514. The van der Waals surface area contributed by atoms with Crippen molar-refractivity contribution >= 4 is 23.2 Å². The summed E-state index contributed by atoms with van der Waals surface area (Å²) in [7, 11) is 0. The molecule has 2 bridgehead atoms. The first-order valence-corrected chi connectivity index (χ1v) is 8.57. The molecule has 114 valence electrons. The second-order valence-corrected chi connectivity index (χ2v) is 7.26. The van der Waals surface area contributed by atoms with Crippen LogP contribution in [0.1, 0.15) is 37.0 Å². The number of carbonyl (C=O) groups is 2. The minimum atomic E-state index is -0.744. The topological polar surface area (TPSA) is 66.4 Å². The molecule has 3 rings (SSSR count). The Balaban J connectivity index is 1.49. The van der Waals surface area contributed by atoms with E-state index < -0.39 is 5.97 Å². The number of amides is 1. The molecule has 0 unspecified atom stereocenters. The van der Waals surface area contributed by atoms with Gasteiger partial charge < -0.3 is 10.4 Å². The van der Waals surface area contributed by atoms with Gasteiger partial charge in [0.05, 0.1) is 5.92 Å². The van der Waals surface area contributed by atoms with E-state index in [4.69, 9.17) is 0 Å². The Morgan fingerprint density at radius 3 is 2.86 bits per heavy atom. The average Bonchev–Trinajstić information content (AvgIpc) is 3.14.